The Bertz CT molecular complexity index is 873. The van der Waals surface area contributed by atoms with E-state index in [2.05, 4.69) is 14.5 Å². The maximum atomic E-state index is 12.5. The zero-order valence-electron chi connectivity index (χ0n) is 11.9. The summed E-state index contributed by atoms with van der Waals surface area (Å²) in [6.07, 6.45) is 6.23. The molecule has 0 N–H and O–H groups in total. The number of fused-ring (bicyclic) bond motifs is 1. The van der Waals surface area contributed by atoms with E-state index in [0.717, 1.165) is 16.9 Å². The number of rotatable bonds is 3. The van der Waals surface area contributed by atoms with E-state index in [1.807, 2.05) is 36.7 Å². The molecule has 2 aromatic heterocycles. The minimum Gasteiger partial charge on any atom is -0.330 e. The normalized spacial score (nSPS) is 14.7. The van der Waals surface area contributed by atoms with Gasteiger partial charge in [-0.25, -0.2) is 9.97 Å². The van der Waals surface area contributed by atoms with E-state index in [1.54, 1.807) is 11.5 Å². The molecule has 0 atom stereocenters. The molecule has 2 heterocycles. The van der Waals surface area contributed by atoms with Crippen LogP contribution in [0, 0.1) is 6.92 Å². The van der Waals surface area contributed by atoms with Gasteiger partial charge in [-0.2, -0.15) is 0 Å². The van der Waals surface area contributed by atoms with Crippen LogP contribution in [0.2, 0.25) is 0 Å². The highest BCUT2D eigenvalue weighted by molar-refractivity contribution is 5.74. The summed E-state index contributed by atoms with van der Waals surface area (Å²) in [6.45, 7) is 2.25. The van der Waals surface area contributed by atoms with Crippen molar-refractivity contribution in [2.75, 3.05) is 0 Å². The summed E-state index contributed by atoms with van der Waals surface area (Å²) < 4.78 is 3.97. The smallest absolute Gasteiger partial charge is 0.272 e. The largest absolute Gasteiger partial charge is 0.330 e. The monoisotopic (exact) mass is 280 g/mol. The molecule has 1 saturated carbocycles. The minimum absolute atomic E-state index is 0.0425. The van der Waals surface area contributed by atoms with Gasteiger partial charge in [-0.1, -0.05) is 12.1 Å². The maximum absolute atomic E-state index is 12.5. The fraction of sp³-hybridized carbons (Fsp3) is 0.312. The number of aryl methyl sites for hydroxylation is 1. The first-order chi connectivity index (χ1) is 10.2. The zero-order chi connectivity index (χ0) is 14.4. The van der Waals surface area contributed by atoms with Crippen LogP contribution in [-0.2, 0) is 6.54 Å². The number of imidazole rings is 1. The average Bonchev–Trinajstić information content (AvgIpc) is 3.23. The highest BCUT2D eigenvalue weighted by Crippen LogP contribution is 2.35. The van der Waals surface area contributed by atoms with Gasteiger partial charge in [-0.05, 0) is 31.9 Å². The Labute approximate surface area is 121 Å². The summed E-state index contributed by atoms with van der Waals surface area (Å²) in [5.41, 5.74) is 2.19. The first kappa shape index (κ1) is 12.3. The topological polar surface area (TPSA) is 52.7 Å². The molecule has 3 aromatic rings. The van der Waals surface area contributed by atoms with E-state index in [9.17, 15) is 4.79 Å². The Kier molecular flexibility index (Phi) is 2.67. The summed E-state index contributed by atoms with van der Waals surface area (Å²) in [4.78, 5) is 21.3. The molecule has 0 bridgehead atoms. The molecule has 0 radical (unpaired) electrons. The van der Waals surface area contributed by atoms with Gasteiger partial charge in [0.1, 0.15) is 11.5 Å². The van der Waals surface area contributed by atoms with Gasteiger partial charge in [0.15, 0.2) is 0 Å². The quantitative estimate of drug-likeness (QED) is 0.739. The number of hydrogen-bond donors (Lipinski definition) is 0. The van der Waals surface area contributed by atoms with E-state index in [4.69, 9.17) is 0 Å². The van der Waals surface area contributed by atoms with Crippen molar-refractivity contribution < 1.29 is 0 Å². The molecule has 1 aliphatic carbocycles. The van der Waals surface area contributed by atoms with Crippen molar-refractivity contribution in [1.82, 2.24) is 19.1 Å². The lowest BCUT2D eigenvalue weighted by molar-refractivity contribution is 0.636. The predicted octanol–water partition coefficient (Wildman–Crippen LogP) is 2.28. The van der Waals surface area contributed by atoms with Crippen molar-refractivity contribution in [3.63, 3.8) is 0 Å². The SMILES string of the molecule is Cc1nc2ccccc2n(Cc2nccn2C2CC2)c1=O. The Morgan fingerprint density at radius 2 is 2.10 bits per heavy atom. The lowest BCUT2D eigenvalue weighted by Gasteiger charge is -2.12. The van der Waals surface area contributed by atoms with Crippen LogP contribution in [0.15, 0.2) is 41.5 Å². The minimum atomic E-state index is -0.0425. The third kappa shape index (κ3) is 2.05. The maximum Gasteiger partial charge on any atom is 0.272 e. The zero-order valence-corrected chi connectivity index (χ0v) is 11.9. The third-order valence-electron chi connectivity index (χ3n) is 4.00. The van der Waals surface area contributed by atoms with E-state index < -0.39 is 0 Å². The molecule has 1 fully saturated rings. The van der Waals surface area contributed by atoms with Crippen LogP contribution in [-0.4, -0.2) is 19.1 Å². The van der Waals surface area contributed by atoms with Crippen molar-refractivity contribution in [2.24, 2.45) is 0 Å². The molecule has 4 rings (SSSR count). The van der Waals surface area contributed by atoms with Gasteiger partial charge in [-0.3, -0.25) is 9.36 Å². The summed E-state index contributed by atoms with van der Waals surface area (Å²) in [7, 11) is 0. The summed E-state index contributed by atoms with van der Waals surface area (Å²) in [5, 5.41) is 0. The Morgan fingerprint density at radius 3 is 2.90 bits per heavy atom. The second-order valence-electron chi connectivity index (χ2n) is 5.56. The number of aromatic nitrogens is 4. The molecule has 1 aliphatic rings. The van der Waals surface area contributed by atoms with Crippen LogP contribution in [0.3, 0.4) is 0 Å². The highest BCUT2D eigenvalue weighted by Gasteiger charge is 2.25. The predicted molar refractivity (Wildman–Crippen MR) is 80.3 cm³/mol. The fourth-order valence-electron chi connectivity index (χ4n) is 2.77. The standard InChI is InChI=1S/C16H16N4O/c1-11-16(21)20(14-5-3-2-4-13(14)18-11)10-15-17-8-9-19(15)12-6-7-12/h2-5,8-9,12H,6-7,10H2,1H3. The molecule has 5 heteroatoms. The first-order valence-corrected chi connectivity index (χ1v) is 7.22. The molecular weight excluding hydrogens is 264 g/mol. The highest BCUT2D eigenvalue weighted by atomic mass is 16.1. The van der Waals surface area contributed by atoms with Crippen LogP contribution in [0.1, 0.15) is 30.4 Å². The van der Waals surface area contributed by atoms with Gasteiger partial charge in [-0.15, -0.1) is 0 Å². The molecule has 106 valence electrons. The number of nitrogens with zero attached hydrogens (tertiary/aromatic N) is 4. The Balaban J connectivity index is 1.87. The van der Waals surface area contributed by atoms with E-state index >= 15 is 0 Å². The Hall–Kier alpha value is -2.43. The summed E-state index contributed by atoms with van der Waals surface area (Å²) in [6, 6.07) is 8.31. The van der Waals surface area contributed by atoms with Crippen molar-refractivity contribution in [3.8, 4) is 0 Å². The van der Waals surface area contributed by atoms with Gasteiger partial charge < -0.3 is 4.57 Å². The average molecular weight is 280 g/mol. The van der Waals surface area contributed by atoms with E-state index in [-0.39, 0.29) is 5.56 Å². The van der Waals surface area contributed by atoms with Crippen LogP contribution in [0.25, 0.3) is 11.0 Å². The lowest BCUT2D eigenvalue weighted by Crippen LogP contribution is -2.25. The number of hydrogen-bond acceptors (Lipinski definition) is 3. The van der Waals surface area contributed by atoms with Crippen LogP contribution in [0.5, 0.6) is 0 Å². The summed E-state index contributed by atoms with van der Waals surface area (Å²) in [5.74, 6) is 0.940. The van der Waals surface area contributed by atoms with Gasteiger partial charge >= 0.3 is 0 Å². The van der Waals surface area contributed by atoms with Crippen molar-refractivity contribution in [3.05, 3.63) is 58.5 Å². The van der Waals surface area contributed by atoms with E-state index in [1.165, 1.54) is 12.8 Å². The van der Waals surface area contributed by atoms with Gasteiger partial charge in [0.25, 0.3) is 5.56 Å². The molecule has 0 unspecified atom stereocenters. The number of para-hydroxylation sites is 2. The molecule has 0 amide bonds. The molecule has 5 nitrogen and oxygen atoms in total. The lowest BCUT2D eigenvalue weighted by atomic mass is 10.2. The van der Waals surface area contributed by atoms with Crippen molar-refractivity contribution >= 4 is 11.0 Å². The van der Waals surface area contributed by atoms with Gasteiger partial charge in [0.05, 0.1) is 17.6 Å². The van der Waals surface area contributed by atoms with Crippen LogP contribution in [0.4, 0.5) is 0 Å². The second-order valence-corrected chi connectivity index (χ2v) is 5.56. The molecule has 0 aliphatic heterocycles. The van der Waals surface area contributed by atoms with Gasteiger partial charge in [0.2, 0.25) is 0 Å². The molecule has 21 heavy (non-hydrogen) atoms. The van der Waals surface area contributed by atoms with E-state index in [0.29, 0.717) is 18.3 Å². The third-order valence-corrected chi connectivity index (χ3v) is 4.00. The Morgan fingerprint density at radius 1 is 1.29 bits per heavy atom. The second kappa shape index (κ2) is 4.55. The molecular formula is C16H16N4O. The first-order valence-electron chi connectivity index (χ1n) is 7.22. The molecule has 0 saturated heterocycles. The van der Waals surface area contributed by atoms with Crippen molar-refractivity contribution in [1.29, 1.82) is 0 Å². The van der Waals surface area contributed by atoms with Crippen LogP contribution < -0.4 is 5.56 Å². The van der Waals surface area contributed by atoms with Crippen molar-refractivity contribution in [2.45, 2.75) is 32.4 Å². The molecule has 0 spiro atoms. The fourth-order valence-corrected chi connectivity index (χ4v) is 2.77. The summed E-state index contributed by atoms with van der Waals surface area (Å²) >= 11 is 0. The van der Waals surface area contributed by atoms with Gasteiger partial charge in [0, 0.05) is 18.4 Å². The number of benzene rings is 1. The molecule has 1 aromatic carbocycles. The van der Waals surface area contributed by atoms with Crippen LogP contribution >= 0.6 is 0 Å².